The van der Waals surface area contributed by atoms with Gasteiger partial charge in [-0.05, 0) is 48.4 Å². The Morgan fingerprint density at radius 2 is 2.24 bits per heavy atom. The van der Waals surface area contributed by atoms with E-state index in [2.05, 4.69) is 12.3 Å². The van der Waals surface area contributed by atoms with Crippen molar-refractivity contribution in [2.75, 3.05) is 0 Å². The Balaban J connectivity index is 2.25. The summed E-state index contributed by atoms with van der Waals surface area (Å²) in [5.41, 5.74) is 3.57. The first-order valence-electron chi connectivity index (χ1n) is 6.03. The van der Waals surface area contributed by atoms with E-state index in [0.717, 1.165) is 18.4 Å². The van der Waals surface area contributed by atoms with Crippen LogP contribution in [0.5, 0.6) is 0 Å². The van der Waals surface area contributed by atoms with Crippen molar-refractivity contribution in [3.05, 3.63) is 34.6 Å². The standard InChI is InChI=1S/C13H18ClFN2/c1-8-2-3-9(6-8)13(17-16)11-7-10(15)4-5-12(11)14/h4-5,7-9,13,17H,2-3,6,16H2,1H3. The minimum atomic E-state index is -0.268. The maximum Gasteiger partial charge on any atom is 0.123 e. The van der Waals surface area contributed by atoms with E-state index >= 15 is 0 Å². The van der Waals surface area contributed by atoms with Crippen molar-refractivity contribution in [3.8, 4) is 0 Å². The van der Waals surface area contributed by atoms with Gasteiger partial charge in [0.1, 0.15) is 5.82 Å². The number of hydrogen-bond donors (Lipinski definition) is 2. The molecule has 1 aliphatic rings. The summed E-state index contributed by atoms with van der Waals surface area (Å²) >= 11 is 6.12. The second kappa shape index (κ2) is 5.34. The molecule has 4 heteroatoms. The fourth-order valence-corrected chi connectivity index (χ4v) is 3.02. The van der Waals surface area contributed by atoms with Gasteiger partial charge >= 0.3 is 0 Å². The van der Waals surface area contributed by atoms with E-state index in [1.165, 1.54) is 18.6 Å². The van der Waals surface area contributed by atoms with Crippen LogP contribution in [0.1, 0.15) is 37.8 Å². The zero-order valence-corrected chi connectivity index (χ0v) is 10.7. The molecule has 1 aromatic rings. The Labute approximate surface area is 106 Å². The molecule has 0 heterocycles. The van der Waals surface area contributed by atoms with Gasteiger partial charge in [-0.3, -0.25) is 11.3 Å². The Morgan fingerprint density at radius 1 is 1.47 bits per heavy atom. The van der Waals surface area contributed by atoms with Crippen LogP contribution in [0.25, 0.3) is 0 Å². The van der Waals surface area contributed by atoms with E-state index in [0.29, 0.717) is 16.9 Å². The van der Waals surface area contributed by atoms with Crippen molar-refractivity contribution in [1.29, 1.82) is 0 Å². The molecule has 0 amide bonds. The largest absolute Gasteiger partial charge is 0.271 e. The SMILES string of the molecule is CC1CCC(C(NN)c2cc(F)ccc2Cl)C1. The lowest BCUT2D eigenvalue weighted by Gasteiger charge is -2.24. The van der Waals surface area contributed by atoms with E-state index in [9.17, 15) is 4.39 Å². The number of nitrogens with two attached hydrogens (primary N) is 1. The highest BCUT2D eigenvalue weighted by Crippen LogP contribution is 2.40. The fraction of sp³-hybridized carbons (Fsp3) is 0.538. The van der Waals surface area contributed by atoms with Gasteiger partial charge in [-0.15, -0.1) is 0 Å². The monoisotopic (exact) mass is 256 g/mol. The lowest BCUT2D eigenvalue weighted by molar-refractivity contribution is 0.363. The van der Waals surface area contributed by atoms with Crippen molar-refractivity contribution < 1.29 is 4.39 Å². The van der Waals surface area contributed by atoms with Crippen molar-refractivity contribution in [1.82, 2.24) is 5.43 Å². The van der Waals surface area contributed by atoms with E-state index in [4.69, 9.17) is 17.4 Å². The number of nitrogens with one attached hydrogen (secondary N) is 1. The molecule has 0 radical (unpaired) electrons. The van der Waals surface area contributed by atoms with Crippen LogP contribution in [0.3, 0.4) is 0 Å². The third-order valence-electron chi connectivity index (χ3n) is 3.68. The second-order valence-electron chi connectivity index (χ2n) is 4.99. The Kier molecular flexibility index (Phi) is 4.02. The highest BCUT2D eigenvalue weighted by atomic mass is 35.5. The predicted molar refractivity (Wildman–Crippen MR) is 68.0 cm³/mol. The number of rotatable bonds is 3. The van der Waals surface area contributed by atoms with Crippen LogP contribution in [0, 0.1) is 17.7 Å². The van der Waals surface area contributed by atoms with Crippen LogP contribution in [-0.2, 0) is 0 Å². The first-order chi connectivity index (χ1) is 8.11. The van der Waals surface area contributed by atoms with Gasteiger partial charge in [0.25, 0.3) is 0 Å². The quantitative estimate of drug-likeness (QED) is 0.642. The summed E-state index contributed by atoms with van der Waals surface area (Å²) in [5.74, 6) is 6.50. The Hall–Kier alpha value is -0.640. The van der Waals surface area contributed by atoms with Crippen molar-refractivity contribution >= 4 is 11.6 Å². The normalized spacial score (nSPS) is 26.1. The van der Waals surface area contributed by atoms with Gasteiger partial charge in [-0.1, -0.05) is 24.9 Å². The summed E-state index contributed by atoms with van der Waals surface area (Å²) < 4.78 is 13.3. The topological polar surface area (TPSA) is 38.0 Å². The fourth-order valence-electron chi connectivity index (χ4n) is 2.79. The van der Waals surface area contributed by atoms with E-state index in [-0.39, 0.29) is 11.9 Å². The van der Waals surface area contributed by atoms with Crippen LogP contribution in [0.4, 0.5) is 4.39 Å². The highest BCUT2D eigenvalue weighted by Gasteiger charge is 2.30. The zero-order chi connectivity index (χ0) is 12.4. The molecule has 3 unspecified atom stereocenters. The maximum atomic E-state index is 13.3. The molecule has 2 rings (SSSR count). The molecular weight excluding hydrogens is 239 g/mol. The molecule has 1 aromatic carbocycles. The van der Waals surface area contributed by atoms with Gasteiger partial charge in [0.15, 0.2) is 0 Å². The number of hydrogen-bond acceptors (Lipinski definition) is 2. The van der Waals surface area contributed by atoms with Crippen molar-refractivity contribution in [2.24, 2.45) is 17.7 Å². The maximum absolute atomic E-state index is 13.3. The molecule has 3 N–H and O–H groups in total. The van der Waals surface area contributed by atoms with Gasteiger partial charge in [0.05, 0.1) is 6.04 Å². The van der Waals surface area contributed by atoms with Gasteiger partial charge in [-0.25, -0.2) is 4.39 Å². The third kappa shape index (κ3) is 2.79. The first-order valence-corrected chi connectivity index (χ1v) is 6.40. The number of benzene rings is 1. The average Bonchev–Trinajstić information content (AvgIpc) is 2.71. The lowest BCUT2D eigenvalue weighted by Crippen LogP contribution is -2.33. The number of halogens is 2. The Bertz CT molecular complexity index is 397. The van der Waals surface area contributed by atoms with Gasteiger partial charge in [0.2, 0.25) is 0 Å². The molecule has 1 saturated carbocycles. The minimum Gasteiger partial charge on any atom is -0.271 e. The van der Waals surface area contributed by atoms with Gasteiger partial charge in [-0.2, -0.15) is 0 Å². The molecule has 3 atom stereocenters. The lowest BCUT2D eigenvalue weighted by atomic mass is 9.91. The summed E-state index contributed by atoms with van der Waals surface area (Å²) in [6, 6.07) is 4.39. The van der Waals surface area contributed by atoms with Crippen molar-refractivity contribution in [2.45, 2.75) is 32.2 Å². The first kappa shape index (κ1) is 12.8. The predicted octanol–water partition coefficient (Wildman–Crippen LogP) is 3.42. The molecule has 0 aliphatic heterocycles. The molecule has 1 aliphatic carbocycles. The summed E-state index contributed by atoms with van der Waals surface area (Å²) in [7, 11) is 0. The van der Waals surface area contributed by atoms with Gasteiger partial charge in [0, 0.05) is 5.02 Å². The molecule has 0 bridgehead atoms. The summed E-state index contributed by atoms with van der Waals surface area (Å²) in [6.07, 6.45) is 3.43. The average molecular weight is 257 g/mol. The molecule has 17 heavy (non-hydrogen) atoms. The van der Waals surface area contributed by atoms with Crippen LogP contribution in [0.15, 0.2) is 18.2 Å². The summed E-state index contributed by atoms with van der Waals surface area (Å²) in [5, 5.41) is 0.578. The highest BCUT2D eigenvalue weighted by molar-refractivity contribution is 6.31. The van der Waals surface area contributed by atoms with Gasteiger partial charge < -0.3 is 0 Å². The molecule has 0 spiro atoms. The zero-order valence-electron chi connectivity index (χ0n) is 9.92. The molecule has 1 fully saturated rings. The summed E-state index contributed by atoms with van der Waals surface area (Å²) in [4.78, 5) is 0. The third-order valence-corrected chi connectivity index (χ3v) is 4.02. The van der Waals surface area contributed by atoms with Crippen LogP contribution >= 0.6 is 11.6 Å². The number of hydrazine groups is 1. The Morgan fingerprint density at radius 3 is 2.82 bits per heavy atom. The second-order valence-corrected chi connectivity index (χ2v) is 5.40. The van der Waals surface area contributed by atoms with E-state index < -0.39 is 0 Å². The minimum absolute atomic E-state index is 0.0526. The molecule has 94 valence electrons. The van der Waals surface area contributed by atoms with Crippen LogP contribution in [0.2, 0.25) is 5.02 Å². The van der Waals surface area contributed by atoms with Crippen LogP contribution < -0.4 is 11.3 Å². The van der Waals surface area contributed by atoms with E-state index in [1.807, 2.05) is 0 Å². The molecule has 0 aromatic heterocycles. The van der Waals surface area contributed by atoms with Crippen molar-refractivity contribution in [3.63, 3.8) is 0 Å². The molecular formula is C13H18ClFN2. The van der Waals surface area contributed by atoms with E-state index in [1.54, 1.807) is 6.07 Å². The summed E-state index contributed by atoms with van der Waals surface area (Å²) in [6.45, 7) is 2.24. The smallest absolute Gasteiger partial charge is 0.123 e. The molecule has 0 saturated heterocycles. The van der Waals surface area contributed by atoms with Crippen LogP contribution in [-0.4, -0.2) is 0 Å². The molecule has 2 nitrogen and oxygen atoms in total.